The fraction of sp³-hybridized carbons (Fsp3) is 0.650. The molecule has 0 saturated carbocycles. The van der Waals surface area contributed by atoms with Gasteiger partial charge in [0.1, 0.15) is 17.6 Å². The van der Waals surface area contributed by atoms with Crippen LogP contribution in [0.5, 0.6) is 11.5 Å². The molecule has 28 heavy (non-hydrogen) atoms. The number of ether oxygens (including phenoxy) is 4. The number of nitrogens with one attached hydrogen (secondary N) is 2. The summed E-state index contributed by atoms with van der Waals surface area (Å²) in [5, 5.41) is 6.56. The maximum Gasteiger partial charge on any atom is 0.191 e. The van der Waals surface area contributed by atoms with Crippen LogP contribution >= 0.6 is 24.0 Å². The minimum Gasteiger partial charge on any atom is -0.497 e. The van der Waals surface area contributed by atoms with Crippen LogP contribution in [-0.2, 0) is 9.47 Å². The lowest BCUT2D eigenvalue weighted by molar-refractivity contribution is 0.0168. The van der Waals surface area contributed by atoms with Crippen LogP contribution in [0.1, 0.15) is 26.2 Å². The first-order valence-electron chi connectivity index (χ1n) is 9.66. The van der Waals surface area contributed by atoms with Crippen molar-refractivity contribution >= 4 is 29.9 Å². The third-order valence-electron chi connectivity index (χ3n) is 4.26. The second kappa shape index (κ2) is 14.7. The molecule has 2 atom stereocenters. The summed E-state index contributed by atoms with van der Waals surface area (Å²) < 4.78 is 22.2. The fourth-order valence-corrected chi connectivity index (χ4v) is 2.76. The van der Waals surface area contributed by atoms with Gasteiger partial charge < -0.3 is 29.6 Å². The highest BCUT2D eigenvalue weighted by atomic mass is 127. The van der Waals surface area contributed by atoms with Gasteiger partial charge in [-0.05, 0) is 50.5 Å². The highest BCUT2D eigenvalue weighted by Crippen LogP contribution is 2.18. The van der Waals surface area contributed by atoms with Gasteiger partial charge >= 0.3 is 0 Å². The summed E-state index contributed by atoms with van der Waals surface area (Å²) in [6, 6.07) is 7.58. The van der Waals surface area contributed by atoms with Crippen molar-refractivity contribution in [2.75, 3.05) is 47.1 Å². The molecule has 7 nitrogen and oxygen atoms in total. The summed E-state index contributed by atoms with van der Waals surface area (Å²) in [7, 11) is 3.41. The summed E-state index contributed by atoms with van der Waals surface area (Å²) in [5.41, 5.74) is 0. The van der Waals surface area contributed by atoms with E-state index in [0.717, 1.165) is 56.5 Å². The Bertz CT molecular complexity index is 551. The standard InChI is InChI=1S/C20H33N3O4.HI/c1-16(27-18-9-7-17(24-3)8-10-18)14-23-20(21-2)22-11-5-12-25-15-19-6-4-13-26-19;/h7-10,16,19H,4-6,11-15H2,1-3H3,(H2,21,22,23);1H. The average molecular weight is 507 g/mol. The SMILES string of the molecule is CN=C(NCCCOCC1CCCO1)NCC(C)Oc1ccc(OC)cc1.I. The molecule has 0 bridgehead atoms. The van der Waals surface area contributed by atoms with Crippen LogP contribution in [0.15, 0.2) is 29.3 Å². The van der Waals surface area contributed by atoms with Gasteiger partial charge in [0.25, 0.3) is 0 Å². The van der Waals surface area contributed by atoms with Crippen LogP contribution in [0.4, 0.5) is 0 Å². The molecule has 0 radical (unpaired) electrons. The zero-order valence-electron chi connectivity index (χ0n) is 17.1. The van der Waals surface area contributed by atoms with E-state index >= 15 is 0 Å². The van der Waals surface area contributed by atoms with Crippen molar-refractivity contribution in [3.8, 4) is 11.5 Å². The van der Waals surface area contributed by atoms with Gasteiger partial charge in [0.05, 0.1) is 26.4 Å². The number of aliphatic imine (C=N–C) groups is 1. The lowest BCUT2D eigenvalue weighted by Gasteiger charge is -2.18. The molecule has 2 unspecified atom stereocenters. The van der Waals surface area contributed by atoms with E-state index in [2.05, 4.69) is 15.6 Å². The topological polar surface area (TPSA) is 73.3 Å². The van der Waals surface area contributed by atoms with Crippen LogP contribution in [0, 0.1) is 0 Å². The van der Waals surface area contributed by atoms with Crippen molar-refractivity contribution in [3.05, 3.63) is 24.3 Å². The van der Waals surface area contributed by atoms with Crippen molar-refractivity contribution in [1.29, 1.82) is 0 Å². The summed E-state index contributed by atoms with van der Waals surface area (Å²) in [4.78, 5) is 4.23. The first-order chi connectivity index (χ1) is 13.2. The normalized spacial score (nSPS) is 17.5. The highest BCUT2D eigenvalue weighted by molar-refractivity contribution is 14.0. The smallest absolute Gasteiger partial charge is 0.191 e. The Morgan fingerprint density at radius 1 is 1.25 bits per heavy atom. The molecule has 0 spiro atoms. The number of halogens is 1. The molecule has 1 aromatic rings. The first kappa shape index (κ1) is 24.8. The van der Waals surface area contributed by atoms with Gasteiger partial charge in [0, 0.05) is 26.8 Å². The van der Waals surface area contributed by atoms with Crippen LogP contribution in [-0.4, -0.2) is 65.2 Å². The zero-order valence-corrected chi connectivity index (χ0v) is 19.4. The number of hydrogen-bond acceptors (Lipinski definition) is 5. The van der Waals surface area contributed by atoms with E-state index in [1.807, 2.05) is 31.2 Å². The molecule has 1 aliphatic rings. The predicted molar refractivity (Wildman–Crippen MR) is 122 cm³/mol. The van der Waals surface area contributed by atoms with Crippen LogP contribution in [0.3, 0.4) is 0 Å². The molecule has 1 aliphatic heterocycles. The Balaban J connectivity index is 0.00000392. The zero-order chi connectivity index (χ0) is 19.3. The Hall–Kier alpha value is -1.26. The molecule has 1 saturated heterocycles. The lowest BCUT2D eigenvalue weighted by Crippen LogP contribution is -2.42. The van der Waals surface area contributed by atoms with Gasteiger partial charge in [-0.3, -0.25) is 4.99 Å². The number of methoxy groups -OCH3 is 1. The van der Waals surface area contributed by atoms with E-state index in [0.29, 0.717) is 19.3 Å². The van der Waals surface area contributed by atoms with Crippen molar-refractivity contribution in [2.45, 2.75) is 38.4 Å². The van der Waals surface area contributed by atoms with E-state index in [1.54, 1.807) is 14.2 Å². The monoisotopic (exact) mass is 507 g/mol. The average Bonchev–Trinajstić information content (AvgIpc) is 3.21. The van der Waals surface area contributed by atoms with E-state index in [-0.39, 0.29) is 30.1 Å². The third-order valence-corrected chi connectivity index (χ3v) is 4.26. The number of rotatable bonds is 11. The molecule has 160 valence electrons. The Morgan fingerprint density at radius 2 is 2.00 bits per heavy atom. The van der Waals surface area contributed by atoms with Crippen molar-refractivity contribution in [2.24, 2.45) is 4.99 Å². The van der Waals surface area contributed by atoms with Crippen molar-refractivity contribution in [1.82, 2.24) is 10.6 Å². The quantitative estimate of drug-likeness (QED) is 0.208. The van der Waals surface area contributed by atoms with E-state index < -0.39 is 0 Å². The third kappa shape index (κ3) is 9.79. The van der Waals surface area contributed by atoms with E-state index in [9.17, 15) is 0 Å². The predicted octanol–water partition coefficient (Wildman–Crippen LogP) is 2.83. The molecular formula is C20H34IN3O4. The Morgan fingerprint density at radius 3 is 2.64 bits per heavy atom. The van der Waals surface area contributed by atoms with Gasteiger partial charge in [-0.1, -0.05) is 0 Å². The summed E-state index contributed by atoms with van der Waals surface area (Å²) in [5.74, 6) is 2.40. The Kier molecular flexibility index (Phi) is 13.0. The molecule has 2 rings (SSSR count). The van der Waals surface area contributed by atoms with E-state index in [1.165, 1.54) is 0 Å². The molecule has 2 N–H and O–H groups in total. The van der Waals surface area contributed by atoms with Crippen molar-refractivity contribution < 1.29 is 18.9 Å². The summed E-state index contributed by atoms with van der Waals surface area (Å²) in [6.45, 7) is 5.77. The largest absolute Gasteiger partial charge is 0.497 e. The highest BCUT2D eigenvalue weighted by Gasteiger charge is 2.14. The first-order valence-corrected chi connectivity index (χ1v) is 9.66. The molecule has 8 heteroatoms. The molecule has 1 heterocycles. The molecule has 0 amide bonds. The van der Waals surface area contributed by atoms with Crippen molar-refractivity contribution in [3.63, 3.8) is 0 Å². The lowest BCUT2D eigenvalue weighted by atomic mass is 10.2. The second-order valence-corrected chi connectivity index (χ2v) is 6.55. The second-order valence-electron chi connectivity index (χ2n) is 6.55. The van der Waals surface area contributed by atoms with Gasteiger partial charge in [0.15, 0.2) is 5.96 Å². The molecule has 1 fully saturated rings. The van der Waals surface area contributed by atoms with Gasteiger partial charge in [-0.25, -0.2) is 0 Å². The van der Waals surface area contributed by atoms with Crippen LogP contribution < -0.4 is 20.1 Å². The Labute approximate surface area is 185 Å². The molecule has 0 aliphatic carbocycles. The maximum atomic E-state index is 5.88. The van der Waals surface area contributed by atoms with Gasteiger partial charge in [-0.2, -0.15) is 0 Å². The number of guanidine groups is 1. The number of benzene rings is 1. The van der Waals surface area contributed by atoms with Gasteiger partial charge in [-0.15, -0.1) is 24.0 Å². The summed E-state index contributed by atoms with van der Waals surface area (Å²) >= 11 is 0. The molecule has 1 aromatic carbocycles. The minimum atomic E-state index is 0. The number of nitrogens with zero attached hydrogens (tertiary/aromatic N) is 1. The molecular weight excluding hydrogens is 473 g/mol. The maximum absolute atomic E-state index is 5.88. The fourth-order valence-electron chi connectivity index (χ4n) is 2.76. The minimum absolute atomic E-state index is 0. The van der Waals surface area contributed by atoms with Crippen LogP contribution in [0.25, 0.3) is 0 Å². The number of hydrogen-bond donors (Lipinski definition) is 2. The van der Waals surface area contributed by atoms with Gasteiger partial charge in [0.2, 0.25) is 0 Å². The summed E-state index contributed by atoms with van der Waals surface area (Å²) in [6.07, 6.45) is 3.49. The van der Waals surface area contributed by atoms with Crippen LogP contribution in [0.2, 0.25) is 0 Å². The molecule has 0 aromatic heterocycles. The van der Waals surface area contributed by atoms with E-state index in [4.69, 9.17) is 18.9 Å².